The molecule has 0 unspecified atom stereocenters. The number of ether oxygens (including phenoxy) is 1. The molecule has 15 heavy (non-hydrogen) atoms. The molecule has 2 saturated heterocycles. The van der Waals surface area contributed by atoms with Crippen LogP contribution in [0.5, 0.6) is 0 Å². The maximum atomic E-state index is 11.7. The van der Waals surface area contributed by atoms with Crippen molar-refractivity contribution in [3.63, 3.8) is 0 Å². The van der Waals surface area contributed by atoms with Crippen molar-refractivity contribution >= 4 is 11.8 Å². The predicted octanol–water partition coefficient (Wildman–Crippen LogP) is 0.985. The maximum Gasteiger partial charge on any atom is 0.415 e. The number of rotatable bonds is 1. The van der Waals surface area contributed by atoms with Crippen molar-refractivity contribution in [2.45, 2.75) is 5.60 Å². The van der Waals surface area contributed by atoms with Crippen LogP contribution < -0.4 is 10.2 Å². The Morgan fingerprint density at radius 1 is 1.27 bits per heavy atom. The van der Waals surface area contributed by atoms with E-state index in [0.717, 1.165) is 18.8 Å². The first-order valence-electron chi connectivity index (χ1n) is 5.05. The number of nitrogens with one attached hydrogen (secondary N) is 1. The summed E-state index contributed by atoms with van der Waals surface area (Å²) in [4.78, 5) is 13.4. The van der Waals surface area contributed by atoms with Gasteiger partial charge in [0.1, 0.15) is 0 Å². The highest BCUT2D eigenvalue weighted by Gasteiger charge is 2.49. The van der Waals surface area contributed by atoms with Crippen LogP contribution in [0.15, 0.2) is 30.3 Å². The Balaban J connectivity index is 1.86. The molecule has 0 atom stereocenters. The van der Waals surface area contributed by atoms with Crippen LogP contribution in [0.25, 0.3) is 0 Å². The van der Waals surface area contributed by atoms with Gasteiger partial charge in [0.2, 0.25) is 0 Å². The molecule has 1 amide bonds. The summed E-state index contributed by atoms with van der Waals surface area (Å²) in [6.07, 6.45) is -0.234. The van der Waals surface area contributed by atoms with Crippen LogP contribution in [0.2, 0.25) is 0 Å². The van der Waals surface area contributed by atoms with Crippen LogP contribution in [-0.2, 0) is 4.74 Å². The fourth-order valence-electron chi connectivity index (χ4n) is 2.02. The van der Waals surface area contributed by atoms with Crippen molar-refractivity contribution < 1.29 is 9.53 Å². The van der Waals surface area contributed by atoms with E-state index in [0.29, 0.717) is 6.54 Å². The van der Waals surface area contributed by atoms with Crippen molar-refractivity contribution in [2.75, 3.05) is 24.5 Å². The lowest BCUT2D eigenvalue weighted by Gasteiger charge is -2.36. The molecule has 3 rings (SSSR count). The Labute approximate surface area is 87.8 Å². The number of amides is 1. The first kappa shape index (κ1) is 8.73. The van der Waals surface area contributed by atoms with Gasteiger partial charge in [-0.15, -0.1) is 0 Å². The molecule has 2 aliphatic rings. The molecule has 1 N–H and O–H groups in total. The fraction of sp³-hybridized carbons (Fsp3) is 0.364. The van der Waals surface area contributed by atoms with Gasteiger partial charge in [-0.3, -0.25) is 4.90 Å². The Bertz CT molecular complexity index is 387. The van der Waals surface area contributed by atoms with Crippen molar-refractivity contribution in [3.8, 4) is 0 Å². The summed E-state index contributed by atoms with van der Waals surface area (Å²) in [5, 5.41) is 3.13. The van der Waals surface area contributed by atoms with Gasteiger partial charge < -0.3 is 10.1 Å². The lowest BCUT2D eigenvalue weighted by atomic mass is 9.97. The Hall–Kier alpha value is -1.55. The number of carbonyl (C=O) groups is 1. The smallest absolute Gasteiger partial charge is 0.415 e. The van der Waals surface area contributed by atoms with Crippen molar-refractivity contribution in [2.24, 2.45) is 0 Å². The standard InChI is InChI=1S/C11H12N2O2/c14-10-13(9-4-2-1-3-5-9)8-11(15-10)6-12-7-11/h1-5,12H,6-8H2. The lowest BCUT2D eigenvalue weighted by Crippen LogP contribution is -2.61. The Kier molecular flexibility index (Phi) is 1.73. The minimum Gasteiger partial charge on any atom is -0.438 e. The van der Waals surface area contributed by atoms with Gasteiger partial charge in [0, 0.05) is 18.8 Å². The van der Waals surface area contributed by atoms with Gasteiger partial charge in [-0.2, -0.15) is 0 Å². The quantitative estimate of drug-likeness (QED) is 0.741. The Morgan fingerprint density at radius 3 is 2.53 bits per heavy atom. The predicted molar refractivity (Wildman–Crippen MR) is 55.9 cm³/mol. The third-order valence-corrected chi connectivity index (χ3v) is 2.93. The molecule has 4 heteroatoms. The molecule has 0 saturated carbocycles. The van der Waals surface area contributed by atoms with E-state index in [-0.39, 0.29) is 11.7 Å². The van der Waals surface area contributed by atoms with Gasteiger partial charge in [-0.1, -0.05) is 18.2 Å². The largest absolute Gasteiger partial charge is 0.438 e. The first-order chi connectivity index (χ1) is 7.29. The highest BCUT2D eigenvalue weighted by molar-refractivity contribution is 5.90. The molecule has 1 aromatic rings. The number of hydrogen-bond donors (Lipinski definition) is 1. The average Bonchev–Trinajstić information content (AvgIpc) is 2.57. The van der Waals surface area contributed by atoms with Crippen LogP contribution in [0.3, 0.4) is 0 Å². The molecule has 78 valence electrons. The highest BCUT2D eigenvalue weighted by atomic mass is 16.6. The zero-order valence-electron chi connectivity index (χ0n) is 8.27. The summed E-state index contributed by atoms with van der Waals surface area (Å²) in [7, 11) is 0. The van der Waals surface area contributed by atoms with Crippen LogP contribution in [0.4, 0.5) is 10.5 Å². The minimum absolute atomic E-state index is 0.234. The minimum atomic E-state index is -0.271. The summed E-state index contributed by atoms with van der Waals surface area (Å²) in [6.45, 7) is 2.19. The van der Waals surface area contributed by atoms with E-state index in [4.69, 9.17) is 4.74 Å². The van der Waals surface area contributed by atoms with Crippen molar-refractivity contribution in [1.29, 1.82) is 0 Å². The molecule has 0 radical (unpaired) electrons. The van der Waals surface area contributed by atoms with Gasteiger partial charge >= 0.3 is 6.09 Å². The zero-order valence-corrected chi connectivity index (χ0v) is 8.27. The number of para-hydroxylation sites is 1. The van der Waals surface area contributed by atoms with Gasteiger partial charge in [-0.05, 0) is 12.1 Å². The molecule has 0 aromatic heterocycles. The van der Waals surface area contributed by atoms with Crippen LogP contribution in [-0.4, -0.2) is 31.3 Å². The van der Waals surface area contributed by atoms with E-state index < -0.39 is 0 Å². The third-order valence-electron chi connectivity index (χ3n) is 2.93. The molecule has 0 aliphatic carbocycles. The number of hydrogen-bond acceptors (Lipinski definition) is 3. The molecule has 1 spiro atoms. The summed E-state index contributed by atoms with van der Waals surface area (Å²) in [5.41, 5.74) is 0.638. The monoisotopic (exact) mass is 204 g/mol. The van der Waals surface area contributed by atoms with E-state index in [2.05, 4.69) is 5.32 Å². The van der Waals surface area contributed by atoms with Gasteiger partial charge in [-0.25, -0.2) is 4.79 Å². The van der Waals surface area contributed by atoms with Crippen LogP contribution in [0.1, 0.15) is 0 Å². The maximum absolute atomic E-state index is 11.7. The van der Waals surface area contributed by atoms with E-state index in [1.54, 1.807) is 4.90 Å². The molecular formula is C11H12N2O2. The fourth-order valence-corrected chi connectivity index (χ4v) is 2.02. The second kappa shape index (κ2) is 2.97. The van der Waals surface area contributed by atoms with Crippen molar-refractivity contribution in [1.82, 2.24) is 5.32 Å². The van der Waals surface area contributed by atoms with E-state index in [1.807, 2.05) is 30.3 Å². The summed E-state index contributed by atoms with van der Waals surface area (Å²) in [5.74, 6) is 0. The van der Waals surface area contributed by atoms with Gasteiger partial charge in [0.25, 0.3) is 0 Å². The molecule has 2 fully saturated rings. The second-order valence-electron chi connectivity index (χ2n) is 4.08. The first-order valence-corrected chi connectivity index (χ1v) is 5.05. The molecule has 4 nitrogen and oxygen atoms in total. The average molecular weight is 204 g/mol. The van der Waals surface area contributed by atoms with E-state index in [1.165, 1.54) is 0 Å². The molecule has 2 aliphatic heterocycles. The van der Waals surface area contributed by atoms with E-state index in [9.17, 15) is 4.79 Å². The lowest BCUT2D eigenvalue weighted by molar-refractivity contribution is 0.0142. The molecule has 1 aromatic carbocycles. The van der Waals surface area contributed by atoms with Crippen LogP contribution >= 0.6 is 0 Å². The Morgan fingerprint density at radius 2 is 2.00 bits per heavy atom. The number of carbonyl (C=O) groups excluding carboxylic acids is 1. The topological polar surface area (TPSA) is 41.6 Å². The van der Waals surface area contributed by atoms with Crippen molar-refractivity contribution in [3.05, 3.63) is 30.3 Å². The molecule has 2 heterocycles. The van der Waals surface area contributed by atoms with Crippen LogP contribution in [0, 0.1) is 0 Å². The number of nitrogens with zero attached hydrogens (tertiary/aromatic N) is 1. The molecule has 0 bridgehead atoms. The third kappa shape index (κ3) is 1.29. The summed E-state index contributed by atoms with van der Waals surface area (Å²) < 4.78 is 5.38. The SMILES string of the molecule is O=C1OC2(CNC2)CN1c1ccccc1. The number of anilines is 1. The normalized spacial score (nSPS) is 22.7. The second-order valence-corrected chi connectivity index (χ2v) is 4.08. The van der Waals surface area contributed by atoms with Gasteiger partial charge in [0.05, 0.1) is 6.54 Å². The summed E-state index contributed by atoms with van der Waals surface area (Å²) in [6, 6.07) is 9.63. The van der Waals surface area contributed by atoms with E-state index >= 15 is 0 Å². The molecular weight excluding hydrogens is 192 g/mol. The zero-order chi connectivity index (χ0) is 10.3. The highest BCUT2D eigenvalue weighted by Crippen LogP contribution is 2.30. The van der Waals surface area contributed by atoms with Gasteiger partial charge in [0.15, 0.2) is 5.60 Å². The summed E-state index contributed by atoms with van der Waals surface area (Å²) >= 11 is 0. The number of benzene rings is 1.